The summed E-state index contributed by atoms with van der Waals surface area (Å²) >= 11 is 1.75. The summed E-state index contributed by atoms with van der Waals surface area (Å²) in [5, 5.41) is 4.57. The molecule has 1 aliphatic rings. The molecule has 1 aromatic heterocycles. The SMILES string of the molecule is CN(C)c1cccc(C(=O)NC2CCC(Sc3ncccn3)CC2)c1. The molecule has 132 valence electrons. The fourth-order valence-corrected chi connectivity index (χ4v) is 4.06. The quantitative estimate of drug-likeness (QED) is 0.833. The van der Waals surface area contributed by atoms with Crippen LogP contribution in [0.3, 0.4) is 0 Å². The Hall–Kier alpha value is -2.08. The van der Waals surface area contributed by atoms with Crippen LogP contribution < -0.4 is 10.2 Å². The van der Waals surface area contributed by atoms with Crippen molar-refractivity contribution < 1.29 is 4.79 Å². The number of hydrogen-bond donors (Lipinski definition) is 1. The highest BCUT2D eigenvalue weighted by molar-refractivity contribution is 7.99. The molecule has 0 saturated heterocycles. The van der Waals surface area contributed by atoms with Gasteiger partial charge in [-0.1, -0.05) is 17.8 Å². The Kier molecular flexibility index (Phi) is 5.91. The molecule has 0 unspecified atom stereocenters. The molecule has 1 N–H and O–H groups in total. The zero-order chi connectivity index (χ0) is 17.6. The first-order chi connectivity index (χ1) is 12.1. The third-order valence-corrected chi connectivity index (χ3v) is 5.67. The molecule has 2 aromatic rings. The van der Waals surface area contributed by atoms with Crippen molar-refractivity contribution in [1.29, 1.82) is 0 Å². The van der Waals surface area contributed by atoms with Crippen LogP contribution in [0.2, 0.25) is 0 Å². The average Bonchev–Trinajstić information content (AvgIpc) is 2.64. The Balaban J connectivity index is 1.50. The van der Waals surface area contributed by atoms with Gasteiger partial charge in [-0.25, -0.2) is 9.97 Å². The van der Waals surface area contributed by atoms with Crippen molar-refractivity contribution >= 4 is 23.4 Å². The van der Waals surface area contributed by atoms with Crippen molar-refractivity contribution in [3.05, 3.63) is 48.3 Å². The van der Waals surface area contributed by atoms with E-state index in [4.69, 9.17) is 0 Å². The van der Waals surface area contributed by atoms with Gasteiger partial charge in [-0.05, 0) is 49.9 Å². The van der Waals surface area contributed by atoms with Gasteiger partial charge in [0.2, 0.25) is 0 Å². The van der Waals surface area contributed by atoms with Gasteiger partial charge in [0.25, 0.3) is 5.91 Å². The summed E-state index contributed by atoms with van der Waals surface area (Å²) in [6.45, 7) is 0. The standard InChI is InChI=1S/C19H24N4OS/c1-23(2)16-6-3-5-14(13-16)18(24)22-15-7-9-17(10-8-15)25-19-20-11-4-12-21-19/h3-6,11-13,15,17H,7-10H2,1-2H3,(H,22,24). The van der Waals surface area contributed by atoms with Crippen molar-refractivity contribution in [2.24, 2.45) is 0 Å². The highest BCUT2D eigenvalue weighted by Gasteiger charge is 2.24. The van der Waals surface area contributed by atoms with E-state index in [-0.39, 0.29) is 11.9 Å². The minimum Gasteiger partial charge on any atom is -0.378 e. The zero-order valence-corrected chi connectivity index (χ0v) is 15.5. The summed E-state index contributed by atoms with van der Waals surface area (Å²) in [7, 11) is 3.96. The number of nitrogens with zero attached hydrogens (tertiary/aromatic N) is 3. The fourth-order valence-electron chi connectivity index (χ4n) is 3.01. The molecule has 1 saturated carbocycles. The Morgan fingerprint density at radius 3 is 2.52 bits per heavy atom. The number of carbonyl (C=O) groups is 1. The van der Waals surface area contributed by atoms with Crippen LogP contribution >= 0.6 is 11.8 Å². The molecular formula is C19H24N4OS. The number of thioether (sulfide) groups is 1. The van der Waals surface area contributed by atoms with E-state index >= 15 is 0 Å². The smallest absolute Gasteiger partial charge is 0.251 e. The lowest BCUT2D eigenvalue weighted by molar-refractivity contribution is 0.0928. The van der Waals surface area contributed by atoms with E-state index in [0.717, 1.165) is 42.1 Å². The summed E-state index contributed by atoms with van der Waals surface area (Å²) in [6.07, 6.45) is 7.72. The molecule has 25 heavy (non-hydrogen) atoms. The normalized spacial score (nSPS) is 20.1. The van der Waals surface area contributed by atoms with Gasteiger partial charge >= 0.3 is 0 Å². The molecular weight excluding hydrogens is 332 g/mol. The first-order valence-electron chi connectivity index (χ1n) is 8.64. The Labute approximate surface area is 153 Å². The molecule has 0 radical (unpaired) electrons. The number of amides is 1. The van der Waals surface area contributed by atoms with E-state index in [1.807, 2.05) is 49.3 Å². The van der Waals surface area contributed by atoms with Gasteiger partial charge in [0, 0.05) is 49.0 Å². The van der Waals surface area contributed by atoms with Gasteiger partial charge in [0.1, 0.15) is 0 Å². The first-order valence-corrected chi connectivity index (χ1v) is 9.51. The number of hydrogen-bond acceptors (Lipinski definition) is 5. The van der Waals surface area contributed by atoms with Crippen LogP contribution in [-0.4, -0.2) is 41.3 Å². The first kappa shape index (κ1) is 17.7. The van der Waals surface area contributed by atoms with Crippen molar-refractivity contribution in [3.8, 4) is 0 Å². The number of carbonyl (C=O) groups excluding carboxylic acids is 1. The molecule has 5 nitrogen and oxygen atoms in total. The second kappa shape index (κ2) is 8.34. The highest BCUT2D eigenvalue weighted by Crippen LogP contribution is 2.31. The minimum atomic E-state index is 0.0196. The largest absolute Gasteiger partial charge is 0.378 e. The third kappa shape index (κ3) is 4.95. The van der Waals surface area contributed by atoms with Crippen molar-refractivity contribution in [1.82, 2.24) is 15.3 Å². The van der Waals surface area contributed by atoms with Gasteiger partial charge in [-0.2, -0.15) is 0 Å². The Bertz CT molecular complexity index is 700. The number of aromatic nitrogens is 2. The number of nitrogens with one attached hydrogen (secondary N) is 1. The Morgan fingerprint density at radius 2 is 1.84 bits per heavy atom. The summed E-state index contributed by atoms with van der Waals surface area (Å²) < 4.78 is 0. The molecule has 1 aliphatic carbocycles. The summed E-state index contributed by atoms with van der Waals surface area (Å²) in [5.74, 6) is 0.0196. The molecule has 3 rings (SSSR count). The van der Waals surface area contributed by atoms with Crippen LogP contribution in [0.5, 0.6) is 0 Å². The fraction of sp³-hybridized carbons (Fsp3) is 0.421. The van der Waals surface area contributed by atoms with Crippen LogP contribution in [0, 0.1) is 0 Å². The third-order valence-electron chi connectivity index (χ3n) is 4.45. The lowest BCUT2D eigenvalue weighted by atomic mass is 9.94. The Morgan fingerprint density at radius 1 is 1.12 bits per heavy atom. The monoisotopic (exact) mass is 356 g/mol. The molecule has 0 atom stereocenters. The van der Waals surface area contributed by atoms with Gasteiger partial charge < -0.3 is 10.2 Å². The summed E-state index contributed by atoms with van der Waals surface area (Å²) in [4.78, 5) is 23.1. The molecule has 0 spiro atoms. The van der Waals surface area contributed by atoms with E-state index < -0.39 is 0 Å². The summed E-state index contributed by atoms with van der Waals surface area (Å²) in [6, 6.07) is 9.83. The lowest BCUT2D eigenvalue weighted by Crippen LogP contribution is -2.38. The number of rotatable bonds is 5. The zero-order valence-electron chi connectivity index (χ0n) is 14.7. The second-order valence-corrected chi connectivity index (χ2v) is 7.81. The minimum absolute atomic E-state index is 0.0196. The van der Waals surface area contributed by atoms with Crippen molar-refractivity contribution in [3.63, 3.8) is 0 Å². The van der Waals surface area contributed by atoms with Gasteiger partial charge in [-0.3, -0.25) is 4.79 Å². The lowest BCUT2D eigenvalue weighted by Gasteiger charge is -2.28. The van der Waals surface area contributed by atoms with Crippen LogP contribution in [-0.2, 0) is 0 Å². The molecule has 1 fully saturated rings. The van der Waals surface area contributed by atoms with Gasteiger partial charge in [0.15, 0.2) is 5.16 Å². The highest BCUT2D eigenvalue weighted by atomic mass is 32.2. The van der Waals surface area contributed by atoms with E-state index in [1.165, 1.54) is 0 Å². The van der Waals surface area contributed by atoms with Crippen LogP contribution in [0.15, 0.2) is 47.9 Å². The molecule has 1 aromatic carbocycles. The number of anilines is 1. The van der Waals surface area contributed by atoms with Crippen LogP contribution in [0.25, 0.3) is 0 Å². The second-order valence-electron chi connectivity index (χ2n) is 6.54. The maximum absolute atomic E-state index is 12.5. The van der Waals surface area contributed by atoms with E-state index in [2.05, 4.69) is 15.3 Å². The van der Waals surface area contributed by atoms with E-state index in [0.29, 0.717) is 5.25 Å². The average molecular weight is 356 g/mol. The van der Waals surface area contributed by atoms with Crippen LogP contribution in [0.4, 0.5) is 5.69 Å². The van der Waals surface area contributed by atoms with Gasteiger partial charge in [-0.15, -0.1) is 0 Å². The molecule has 0 bridgehead atoms. The van der Waals surface area contributed by atoms with Crippen LogP contribution in [0.1, 0.15) is 36.0 Å². The van der Waals surface area contributed by atoms with Gasteiger partial charge in [0.05, 0.1) is 0 Å². The molecule has 1 amide bonds. The maximum atomic E-state index is 12.5. The van der Waals surface area contributed by atoms with Crippen molar-refractivity contribution in [2.75, 3.05) is 19.0 Å². The molecule has 6 heteroatoms. The van der Waals surface area contributed by atoms with E-state index in [9.17, 15) is 4.79 Å². The van der Waals surface area contributed by atoms with E-state index in [1.54, 1.807) is 24.2 Å². The van der Waals surface area contributed by atoms with Crippen molar-refractivity contribution in [2.45, 2.75) is 42.1 Å². The topological polar surface area (TPSA) is 58.1 Å². The molecule has 1 heterocycles. The predicted molar refractivity (Wildman–Crippen MR) is 102 cm³/mol. The molecule has 0 aliphatic heterocycles. The number of benzene rings is 1. The summed E-state index contributed by atoms with van der Waals surface area (Å²) in [5.41, 5.74) is 1.76. The maximum Gasteiger partial charge on any atom is 0.251 e. The predicted octanol–water partition coefficient (Wildman–Crippen LogP) is 3.38.